The van der Waals surface area contributed by atoms with E-state index >= 15 is 0 Å². The lowest BCUT2D eigenvalue weighted by atomic mass is 9.79. The van der Waals surface area contributed by atoms with Crippen molar-refractivity contribution in [3.63, 3.8) is 0 Å². The van der Waals surface area contributed by atoms with Gasteiger partial charge >= 0.3 is 0 Å². The molecule has 0 amide bonds. The smallest absolute Gasteiger partial charge is 0.106 e. The quantitative estimate of drug-likeness (QED) is 0.819. The lowest BCUT2D eigenvalue weighted by Crippen LogP contribution is -2.50. The molecule has 2 aliphatic heterocycles. The number of halogens is 1. The monoisotopic (exact) mass is 357 g/mol. The van der Waals surface area contributed by atoms with Crippen molar-refractivity contribution in [3.8, 4) is 0 Å². The molecule has 4 heterocycles. The Balaban J connectivity index is 1.69. The molecule has 1 spiro atoms. The Morgan fingerprint density at radius 2 is 2.48 bits per heavy atom. The van der Waals surface area contributed by atoms with Crippen LogP contribution < -0.4 is 5.32 Å². The Labute approximate surface area is 147 Å². The molecule has 4 rings (SSSR count). The van der Waals surface area contributed by atoms with Gasteiger partial charge in [0.25, 0.3) is 0 Å². The van der Waals surface area contributed by atoms with Crippen LogP contribution >= 0.6 is 22.9 Å². The van der Waals surface area contributed by atoms with Gasteiger partial charge in [-0.15, -0.1) is 16.4 Å². The van der Waals surface area contributed by atoms with E-state index in [1.54, 1.807) is 0 Å². The van der Waals surface area contributed by atoms with Gasteiger partial charge in [0, 0.05) is 40.2 Å². The highest BCUT2D eigenvalue weighted by molar-refractivity contribution is 7.16. The average Bonchev–Trinajstić information content (AvgIpc) is 3.18. The van der Waals surface area contributed by atoms with Gasteiger partial charge in [0.2, 0.25) is 0 Å². The Kier molecular flexibility index (Phi) is 2.98. The van der Waals surface area contributed by atoms with Gasteiger partial charge in [0.15, 0.2) is 0 Å². The molecule has 6 nitrogen and oxygen atoms in total. The molecule has 0 bridgehead atoms. The third-order valence-electron chi connectivity index (χ3n) is 4.54. The topological polar surface area (TPSA) is 72.2 Å². The maximum Gasteiger partial charge on any atom is 0.106 e. The number of aryl methyl sites for hydroxylation is 1. The van der Waals surface area contributed by atoms with Crippen molar-refractivity contribution in [2.45, 2.75) is 43.6 Å². The maximum atomic E-state index is 10.2. The molecule has 2 aliphatic rings. The number of ether oxygens (including phenoxy) is 1. The fraction of sp³-hybridized carbons (Fsp3) is 0.600. The zero-order chi connectivity index (χ0) is 18.7. The molecule has 0 unspecified atom stereocenters. The van der Waals surface area contributed by atoms with Crippen LogP contribution in [0.5, 0.6) is 0 Å². The van der Waals surface area contributed by atoms with Crippen LogP contribution in [0.15, 0.2) is 12.3 Å². The second-order valence-electron chi connectivity index (χ2n) is 6.27. The van der Waals surface area contributed by atoms with Gasteiger partial charge in [-0.2, -0.15) is 0 Å². The van der Waals surface area contributed by atoms with Gasteiger partial charge < -0.3 is 15.2 Å². The minimum absolute atomic E-state index is 0.107. The third kappa shape index (κ3) is 2.60. The Morgan fingerprint density at radius 3 is 3.26 bits per heavy atom. The molecule has 0 saturated carbocycles. The first-order chi connectivity index (χ1) is 12.2. The summed E-state index contributed by atoms with van der Waals surface area (Å²) in [5.41, 5.74) is 0.807. The molecular formula is C15H19ClN4O2S. The molecule has 124 valence electrons. The fourth-order valence-electron chi connectivity index (χ4n) is 3.67. The standard InChI is InChI=1S/C15H19ClN4O2S/c1-8-4-15(5-10(17-8)11-6-20(2)19-18-11)14-9(3-13(16)23-14)12(21)7-22-15/h3,6,8,10,12,17,21H,4-5,7H2,1-2H3/t8-,10-,12+,15-/m0/s1/i2D3. The van der Waals surface area contributed by atoms with Crippen molar-refractivity contribution in [3.05, 3.63) is 32.7 Å². The van der Waals surface area contributed by atoms with Gasteiger partial charge in [0.05, 0.1) is 22.7 Å². The molecule has 1 fully saturated rings. The number of hydrogen-bond donors (Lipinski definition) is 2. The summed E-state index contributed by atoms with van der Waals surface area (Å²) in [5, 5.41) is 21.5. The van der Waals surface area contributed by atoms with E-state index in [0.717, 1.165) is 21.5 Å². The van der Waals surface area contributed by atoms with E-state index in [1.807, 2.05) is 13.0 Å². The number of aromatic nitrogens is 3. The number of nitrogens with zero attached hydrogens (tertiary/aromatic N) is 3. The van der Waals surface area contributed by atoms with Gasteiger partial charge in [-0.05, 0) is 19.4 Å². The molecule has 8 heteroatoms. The summed E-state index contributed by atoms with van der Waals surface area (Å²) in [7, 11) is 0. The summed E-state index contributed by atoms with van der Waals surface area (Å²) in [4.78, 5) is 0.947. The first kappa shape index (κ1) is 12.4. The zero-order valence-corrected chi connectivity index (χ0v) is 14.1. The lowest BCUT2D eigenvalue weighted by Gasteiger charge is -2.46. The van der Waals surface area contributed by atoms with E-state index in [9.17, 15) is 5.11 Å². The van der Waals surface area contributed by atoms with Gasteiger partial charge in [-0.25, -0.2) is 0 Å². The van der Waals surface area contributed by atoms with Gasteiger partial charge in [-0.3, -0.25) is 4.68 Å². The Hall–Kier alpha value is -0.990. The molecule has 0 aliphatic carbocycles. The van der Waals surface area contributed by atoms with Gasteiger partial charge in [-0.1, -0.05) is 16.8 Å². The second kappa shape index (κ2) is 5.53. The molecular weight excluding hydrogens is 336 g/mol. The van der Waals surface area contributed by atoms with E-state index in [1.165, 1.54) is 17.5 Å². The highest BCUT2D eigenvalue weighted by atomic mass is 35.5. The first-order valence-electron chi connectivity index (χ1n) is 8.98. The van der Waals surface area contributed by atoms with Crippen molar-refractivity contribution >= 4 is 22.9 Å². The summed E-state index contributed by atoms with van der Waals surface area (Å²) in [6.07, 6.45) is 2.07. The molecule has 2 aromatic rings. The molecule has 0 aromatic carbocycles. The summed E-state index contributed by atoms with van der Waals surface area (Å²) >= 11 is 7.64. The number of hydrogen-bond acceptors (Lipinski definition) is 6. The van der Waals surface area contributed by atoms with E-state index in [2.05, 4.69) is 15.6 Å². The number of piperidine rings is 1. The number of thiophene rings is 1. The Bertz CT molecular complexity index is 826. The van der Waals surface area contributed by atoms with Crippen LogP contribution in [0.1, 0.15) is 52.2 Å². The van der Waals surface area contributed by atoms with Crippen LogP contribution in [0, 0.1) is 0 Å². The molecule has 23 heavy (non-hydrogen) atoms. The fourth-order valence-corrected chi connectivity index (χ4v) is 5.12. The van der Waals surface area contributed by atoms with E-state index in [-0.39, 0.29) is 18.7 Å². The summed E-state index contributed by atoms with van der Waals surface area (Å²) in [6, 6.07) is 1.71. The lowest BCUT2D eigenvalue weighted by molar-refractivity contribution is -0.129. The number of aliphatic hydroxyl groups is 1. The predicted molar refractivity (Wildman–Crippen MR) is 87.5 cm³/mol. The second-order valence-corrected chi connectivity index (χ2v) is 7.96. The van der Waals surface area contributed by atoms with E-state index in [0.29, 0.717) is 16.5 Å². The normalized spacial score (nSPS) is 36.3. The predicted octanol–water partition coefficient (Wildman–Crippen LogP) is 2.30. The van der Waals surface area contributed by atoms with Crippen molar-refractivity contribution in [2.75, 3.05) is 6.61 Å². The van der Waals surface area contributed by atoms with Crippen LogP contribution in [0.25, 0.3) is 0 Å². The maximum absolute atomic E-state index is 10.2. The largest absolute Gasteiger partial charge is 0.386 e. The van der Waals surface area contributed by atoms with Crippen LogP contribution in [0.3, 0.4) is 0 Å². The van der Waals surface area contributed by atoms with Crippen LogP contribution in [-0.2, 0) is 17.3 Å². The Morgan fingerprint density at radius 1 is 1.61 bits per heavy atom. The summed E-state index contributed by atoms with van der Waals surface area (Å²) in [5.74, 6) is 0. The number of aliphatic hydroxyl groups excluding tert-OH is 1. The molecule has 2 aromatic heterocycles. The van der Waals surface area contributed by atoms with Crippen molar-refractivity contribution in [1.29, 1.82) is 0 Å². The van der Waals surface area contributed by atoms with Gasteiger partial charge in [0.1, 0.15) is 11.7 Å². The average molecular weight is 358 g/mol. The highest BCUT2D eigenvalue weighted by Gasteiger charge is 2.48. The van der Waals surface area contributed by atoms with Crippen LogP contribution in [-0.4, -0.2) is 32.7 Å². The first-order valence-corrected chi connectivity index (χ1v) is 8.68. The number of fused-ring (bicyclic) bond motifs is 2. The number of nitrogens with one attached hydrogen (secondary N) is 1. The van der Waals surface area contributed by atoms with E-state index in [4.69, 9.17) is 20.5 Å². The molecule has 2 N–H and O–H groups in total. The SMILES string of the molecule is [2H]C([2H])([2H])n1cc([C@@H]2C[C@]3(C[C@H](C)N2)OC[C@@H](O)c2cc(Cl)sc23)nn1. The van der Waals surface area contributed by atoms with Crippen LogP contribution in [0.2, 0.25) is 4.34 Å². The van der Waals surface area contributed by atoms with Crippen molar-refractivity contribution in [2.24, 2.45) is 6.98 Å². The van der Waals surface area contributed by atoms with Crippen LogP contribution in [0.4, 0.5) is 0 Å². The van der Waals surface area contributed by atoms with E-state index < -0.39 is 18.7 Å². The highest BCUT2D eigenvalue weighted by Crippen LogP contribution is 2.51. The summed E-state index contributed by atoms with van der Waals surface area (Å²) < 4.78 is 30.0. The molecule has 0 radical (unpaired) electrons. The molecule has 1 saturated heterocycles. The minimum Gasteiger partial charge on any atom is -0.386 e. The third-order valence-corrected chi connectivity index (χ3v) is 6.01. The summed E-state index contributed by atoms with van der Waals surface area (Å²) in [6.45, 7) is -0.101. The molecule has 4 atom stereocenters. The minimum atomic E-state index is -2.36. The van der Waals surface area contributed by atoms with Crippen molar-refractivity contribution < 1.29 is 14.0 Å². The number of rotatable bonds is 1. The zero-order valence-electron chi connectivity index (χ0n) is 15.5. The van der Waals surface area contributed by atoms with Crippen molar-refractivity contribution in [1.82, 2.24) is 20.3 Å².